The predicted octanol–water partition coefficient (Wildman–Crippen LogP) is 0.455. The SMILES string of the molecule is Cc1coc(-n2cc3c(n2)CNCC3=O)n1. The van der Waals surface area contributed by atoms with Crippen LogP contribution in [0.15, 0.2) is 16.9 Å². The van der Waals surface area contributed by atoms with E-state index in [1.807, 2.05) is 6.92 Å². The largest absolute Gasteiger partial charge is 0.430 e. The van der Waals surface area contributed by atoms with Gasteiger partial charge in [-0.1, -0.05) is 0 Å². The number of aryl methyl sites for hydroxylation is 1. The number of rotatable bonds is 1. The number of hydrogen-bond donors (Lipinski definition) is 1. The normalized spacial score (nSPS) is 15.2. The Hall–Kier alpha value is -1.95. The zero-order valence-corrected chi connectivity index (χ0v) is 8.73. The van der Waals surface area contributed by atoms with Crippen molar-refractivity contribution >= 4 is 5.78 Å². The summed E-state index contributed by atoms with van der Waals surface area (Å²) < 4.78 is 6.72. The molecule has 0 spiro atoms. The number of Topliss-reactive ketones (excluding diaryl/α,β-unsaturated/α-hetero) is 1. The summed E-state index contributed by atoms with van der Waals surface area (Å²) in [5, 5.41) is 7.25. The van der Waals surface area contributed by atoms with Crippen molar-refractivity contribution in [3.63, 3.8) is 0 Å². The van der Waals surface area contributed by atoms with Crippen LogP contribution in [0.1, 0.15) is 21.7 Å². The molecule has 2 aromatic heterocycles. The number of ketones is 1. The molecule has 1 aliphatic rings. The summed E-state index contributed by atoms with van der Waals surface area (Å²) in [4.78, 5) is 15.7. The zero-order chi connectivity index (χ0) is 11.1. The van der Waals surface area contributed by atoms with Crippen molar-refractivity contribution in [3.8, 4) is 6.01 Å². The topological polar surface area (TPSA) is 73.0 Å². The number of fused-ring (bicyclic) bond motifs is 1. The second kappa shape index (κ2) is 3.28. The summed E-state index contributed by atoms with van der Waals surface area (Å²) in [6.07, 6.45) is 3.22. The summed E-state index contributed by atoms with van der Waals surface area (Å²) in [7, 11) is 0. The van der Waals surface area contributed by atoms with Gasteiger partial charge >= 0.3 is 6.01 Å². The van der Waals surface area contributed by atoms with Gasteiger partial charge in [0.1, 0.15) is 6.26 Å². The molecule has 1 N–H and O–H groups in total. The predicted molar refractivity (Wildman–Crippen MR) is 54.4 cm³/mol. The molecule has 3 heterocycles. The lowest BCUT2D eigenvalue weighted by atomic mass is 10.1. The van der Waals surface area contributed by atoms with Crippen molar-refractivity contribution in [1.29, 1.82) is 0 Å². The molecule has 16 heavy (non-hydrogen) atoms. The minimum absolute atomic E-state index is 0.0516. The minimum Gasteiger partial charge on any atom is -0.430 e. The highest BCUT2D eigenvalue weighted by Gasteiger charge is 2.21. The lowest BCUT2D eigenvalue weighted by Gasteiger charge is -2.08. The van der Waals surface area contributed by atoms with Crippen LogP contribution in [0.3, 0.4) is 0 Å². The van der Waals surface area contributed by atoms with Gasteiger partial charge in [-0.25, -0.2) is 0 Å². The fourth-order valence-corrected chi connectivity index (χ4v) is 1.71. The highest BCUT2D eigenvalue weighted by Crippen LogP contribution is 2.15. The van der Waals surface area contributed by atoms with Crippen LogP contribution in [0.25, 0.3) is 6.01 Å². The number of carbonyl (C=O) groups excluding carboxylic acids is 1. The maximum Gasteiger partial charge on any atom is 0.322 e. The standard InChI is InChI=1S/C10H10N4O2/c1-6-5-16-10(12-6)14-4-7-8(13-14)2-11-3-9(7)15/h4-5,11H,2-3H2,1H3. The molecular weight excluding hydrogens is 208 g/mol. The molecule has 82 valence electrons. The first-order valence-corrected chi connectivity index (χ1v) is 4.99. The third kappa shape index (κ3) is 1.35. The molecule has 0 fully saturated rings. The summed E-state index contributed by atoms with van der Waals surface area (Å²) >= 11 is 0. The highest BCUT2D eigenvalue weighted by atomic mass is 16.4. The van der Waals surface area contributed by atoms with Crippen LogP contribution in [0.2, 0.25) is 0 Å². The molecule has 2 aromatic rings. The Balaban J connectivity index is 2.07. The van der Waals surface area contributed by atoms with E-state index in [1.54, 1.807) is 12.5 Å². The highest BCUT2D eigenvalue weighted by molar-refractivity contribution is 5.99. The van der Waals surface area contributed by atoms with Crippen molar-refractivity contribution in [2.45, 2.75) is 13.5 Å². The monoisotopic (exact) mass is 218 g/mol. The number of nitrogens with zero attached hydrogens (tertiary/aromatic N) is 3. The number of hydrogen-bond acceptors (Lipinski definition) is 5. The first-order valence-electron chi connectivity index (χ1n) is 4.99. The second-order valence-electron chi connectivity index (χ2n) is 3.73. The molecule has 0 bridgehead atoms. The summed E-state index contributed by atoms with van der Waals surface area (Å²) in [5.41, 5.74) is 2.18. The second-order valence-corrected chi connectivity index (χ2v) is 3.73. The molecule has 0 saturated carbocycles. The van der Waals surface area contributed by atoms with Gasteiger partial charge in [0.25, 0.3) is 0 Å². The Bertz CT molecular complexity index is 555. The van der Waals surface area contributed by atoms with E-state index in [4.69, 9.17) is 4.42 Å². The lowest BCUT2D eigenvalue weighted by molar-refractivity contribution is 0.0982. The summed E-state index contributed by atoms with van der Waals surface area (Å²) in [6, 6.07) is 0.389. The fraction of sp³-hybridized carbons (Fsp3) is 0.300. The molecule has 0 amide bonds. The summed E-state index contributed by atoms with van der Waals surface area (Å²) in [5.74, 6) is 0.0516. The van der Waals surface area contributed by atoms with E-state index >= 15 is 0 Å². The smallest absolute Gasteiger partial charge is 0.322 e. The molecule has 6 nitrogen and oxygen atoms in total. The minimum atomic E-state index is 0.0516. The van der Waals surface area contributed by atoms with Crippen LogP contribution in [0.5, 0.6) is 0 Å². The molecule has 6 heteroatoms. The molecule has 0 saturated heterocycles. The van der Waals surface area contributed by atoms with Gasteiger partial charge in [-0.15, -0.1) is 0 Å². The Kier molecular flexibility index (Phi) is 1.90. The van der Waals surface area contributed by atoms with Crippen LogP contribution in [0.4, 0.5) is 0 Å². The van der Waals surface area contributed by atoms with Crippen LogP contribution < -0.4 is 5.32 Å². The number of carbonyl (C=O) groups is 1. The third-order valence-corrected chi connectivity index (χ3v) is 2.47. The van der Waals surface area contributed by atoms with Crippen molar-refractivity contribution in [2.75, 3.05) is 6.54 Å². The quantitative estimate of drug-likeness (QED) is 0.752. The van der Waals surface area contributed by atoms with Crippen LogP contribution >= 0.6 is 0 Å². The Morgan fingerprint density at radius 1 is 1.50 bits per heavy atom. The third-order valence-electron chi connectivity index (χ3n) is 2.47. The molecule has 0 radical (unpaired) electrons. The molecule has 1 aliphatic heterocycles. The van der Waals surface area contributed by atoms with Crippen molar-refractivity contribution in [2.24, 2.45) is 0 Å². The Morgan fingerprint density at radius 2 is 2.38 bits per heavy atom. The van der Waals surface area contributed by atoms with Gasteiger partial charge in [0.05, 0.1) is 23.5 Å². The molecular formula is C10H10N4O2. The van der Waals surface area contributed by atoms with Crippen LogP contribution in [0, 0.1) is 6.92 Å². The maximum absolute atomic E-state index is 11.6. The van der Waals surface area contributed by atoms with E-state index in [-0.39, 0.29) is 5.78 Å². The molecule has 0 aliphatic carbocycles. The Morgan fingerprint density at radius 3 is 3.06 bits per heavy atom. The van der Waals surface area contributed by atoms with E-state index < -0.39 is 0 Å². The van der Waals surface area contributed by atoms with Gasteiger partial charge in [0, 0.05) is 12.7 Å². The van der Waals surface area contributed by atoms with Gasteiger partial charge < -0.3 is 9.73 Å². The van der Waals surface area contributed by atoms with Crippen molar-refractivity contribution in [3.05, 3.63) is 29.4 Å². The van der Waals surface area contributed by atoms with Gasteiger partial charge in [0.2, 0.25) is 0 Å². The first-order chi connectivity index (χ1) is 7.74. The van der Waals surface area contributed by atoms with Crippen molar-refractivity contribution < 1.29 is 9.21 Å². The number of oxazole rings is 1. The number of nitrogens with one attached hydrogen (secondary N) is 1. The van der Waals surface area contributed by atoms with Gasteiger partial charge in [-0.3, -0.25) is 4.79 Å². The van der Waals surface area contributed by atoms with Crippen LogP contribution in [-0.2, 0) is 6.54 Å². The first kappa shape index (κ1) is 9.29. The number of aromatic nitrogens is 3. The van der Waals surface area contributed by atoms with Crippen molar-refractivity contribution in [1.82, 2.24) is 20.1 Å². The fourth-order valence-electron chi connectivity index (χ4n) is 1.71. The summed E-state index contributed by atoms with van der Waals surface area (Å²) in [6.45, 7) is 2.81. The molecule has 0 atom stereocenters. The maximum atomic E-state index is 11.6. The van der Waals surface area contributed by atoms with E-state index in [9.17, 15) is 4.79 Å². The zero-order valence-electron chi connectivity index (χ0n) is 8.73. The van der Waals surface area contributed by atoms with E-state index in [0.717, 1.165) is 11.4 Å². The van der Waals surface area contributed by atoms with Gasteiger partial charge in [-0.05, 0) is 6.92 Å². The average Bonchev–Trinajstić information content (AvgIpc) is 2.84. The molecule has 0 unspecified atom stereocenters. The van der Waals surface area contributed by atoms with E-state index in [1.165, 1.54) is 4.68 Å². The van der Waals surface area contributed by atoms with Gasteiger partial charge in [0.15, 0.2) is 5.78 Å². The van der Waals surface area contributed by atoms with Gasteiger partial charge in [-0.2, -0.15) is 14.8 Å². The molecule has 0 aromatic carbocycles. The van der Waals surface area contributed by atoms with Crippen LogP contribution in [-0.4, -0.2) is 27.1 Å². The molecule has 3 rings (SSSR count). The van der Waals surface area contributed by atoms with E-state index in [0.29, 0.717) is 24.7 Å². The average molecular weight is 218 g/mol. The van der Waals surface area contributed by atoms with E-state index in [2.05, 4.69) is 15.4 Å². The lowest BCUT2D eigenvalue weighted by Crippen LogP contribution is -2.29. The Labute approximate surface area is 91.3 Å².